The standard InChI is InChI=1S/C13H14F3NO4/c1-7(21-10-5-3-2-4-8(10)14)12(18)17-9(13(19)20)6-11(15)16/h2-5,7,9,11H,6H2,1H3,(H,17,18)(H,19,20). The number of alkyl halides is 2. The third-order valence-electron chi connectivity index (χ3n) is 2.54. The van der Waals surface area contributed by atoms with Crippen molar-refractivity contribution in [1.29, 1.82) is 0 Å². The maximum atomic E-state index is 13.3. The van der Waals surface area contributed by atoms with Gasteiger partial charge in [0.2, 0.25) is 6.43 Å². The van der Waals surface area contributed by atoms with Crippen LogP contribution in [-0.4, -0.2) is 35.6 Å². The van der Waals surface area contributed by atoms with Crippen LogP contribution in [0.1, 0.15) is 13.3 Å². The van der Waals surface area contributed by atoms with Crippen molar-refractivity contribution in [3.05, 3.63) is 30.1 Å². The molecule has 116 valence electrons. The number of rotatable bonds is 7. The van der Waals surface area contributed by atoms with Crippen LogP contribution < -0.4 is 10.1 Å². The number of aliphatic carboxylic acids is 1. The molecule has 1 aromatic rings. The number of benzene rings is 1. The Hall–Kier alpha value is -2.25. The number of ether oxygens (including phenoxy) is 1. The van der Waals surface area contributed by atoms with Crippen LogP contribution in [0.15, 0.2) is 24.3 Å². The zero-order valence-corrected chi connectivity index (χ0v) is 11.1. The second-order valence-electron chi connectivity index (χ2n) is 4.22. The number of nitrogens with one attached hydrogen (secondary N) is 1. The molecule has 0 saturated carbocycles. The first-order valence-electron chi connectivity index (χ1n) is 6.03. The zero-order chi connectivity index (χ0) is 16.0. The molecular weight excluding hydrogens is 291 g/mol. The lowest BCUT2D eigenvalue weighted by Gasteiger charge is -2.18. The molecule has 0 aliphatic heterocycles. The van der Waals surface area contributed by atoms with E-state index in [4.69, 9.17) is 9.84 Å². The molecule has 0 radical (unpaired) electrons. The Bertz CT molecular complexity index is 510. The minimum atomic E-state index is -2.88. The van der Waals surface area contributed by atoms with Crippen LogP contribution in [0.25, 0.3) is 0 Å². The highest BCUT2D eigenvalue weighted by molar-refractivity contribution is 5.86. The average Bonchev–Trinajstić information content (AvgIpc) is 2.39. The number of halogens is 3. The van der Waals surface area contributed by atoms with Gasteiger partial charge in [0, 0.05) is 6.42 Å². The van der Waals surface area contributed by atoms with E-state index in [0.29, 0.717) is 0 Å². The van der Waals surface area contributed by atoms with E-state index in [0.717, 1.165) is 6.07 Å². The van der Waals surface area contributed by atoms with E-state index in [9.17, 15) is 22.8 Å². The number of carboxylic acid groups (broad SMARTS) is 1. The molecule has 8 heteroatoms. The predicted molar refractivity (Wildman–Crippen MR) is 66.7 cm³/mol. The first-order chi connectivity index (χ1) is 9.81. The number of carboxylic acids is 1. The van der Waals surface area contributed by atoms with E-state index >= 15 is 0 Å². The topological polar surface area (TPSA) is 75.6 Å². The van der Waals surface area contributed by atoms with Crippen LogP contribution in [-0.2, 0) is 9.59 Å². The Balaban J connectivity index is 2.65. The molecule has 0 aliphatic carbocycles. The quantitative estimate of drug-likeness (QED) is 0.805. The van der Waals surface area contributed by atoms with Gasteiger partial charge in [0.25, 0.3) is 5.91 Å². The smallest absolute Gasteiger partial charge is 0.326 e. The molecule has 2 N–H and O–H groups in total. The highest BCUT2D eigenvalue weighted by Crippen LogP contribution is 2.17. The predicted octanol–water partition coefficient (Wildman–Crippen LogP) is 1.82. The Labute approximate surface area is 118 Å². The van der Waals surface area contributed by atoms with Gasteiger partial charge in [-0.1, -0.05) is 12.1 Å². The highest BCUT2D eigenvalue weighted by atomic mass is 19.3. The van der Waals surface area contributed by atoms with Gasteiger partial charge in [-0.2, -0.15) is 0 Å². The second kappa shape index (κ2) is 7.51. The molecule has 0 saturated heterocycles. The number of carbonyl (C=O) groups excluding carboxylic acids is 1. The van der Waals surface area contributed by atoms with Gasteiger partial charge in [0.15, 0.2) is 17.7 Å². The first kappa shape index (κ1) is 16.8. The van der Waals surface area contributed by atoms with Crippen molar-refractivity contribution in [1.82, 2.24) is 5.32 Å². The average molecular weight is 305 g/mol. The van der Waals surface area contributed by atoms with Gasteiger partial charge in [0.1, 0.15) is 6.04 Å². The van der Waals surface area contributed by atoms with Crippen LogP contribution >= 0.6 is 0 Å². The van der Waals surface area contributed by atoms with E-state index in [1.165, 1.54) is 25.1 Å². The first-order valence-corrected chi connectivity index (χ1v) is 6.03. The number of hydrogen-bond acceptors (Lipinski definition) is 3. The molecule has 1 rings (SSSR count). The molecule has 0 spiro atoms. The van der Waals surface area contributed by atoms with Gasteiger partial charge in [-0.3, -0.25) is 4.79 Å². The molecule has 2 atom stereocenters. The number of amides is 1. The molecule has 0 fully saturated rings. The molecular formula is C13H14F3NO4. The molecule has 21 heavy (non-hydrogen) atoms. The van der Waals surface area contributed by atoms with E-state index in [2.05, 4.69) is 0 Å². The lowest BCUT2D eigenvalue weighted by atomic mass is 10.2. The summed E-state index contributed by atoms with van der Waals surface area (Å²) in [7, 11) is 0. The summed E-state index contributed by atoms with van der Waals surface area (Å²) in [6, 6.07) is 3.59. The normalized spacial score (nSPS) is 13.6. The van der Waals surface area contributed by atoms with Crippen LogP contribution in [0.5, 0.6) is 5.75 Å². The van der Waals surface area contributed by atoms with Crippen LogP contribution in [0.4, 0.5) is 13.2 Å². The molecule has 0 heterocycles. The number of para-hydroxylation sites is 1. The molecule has 5 nitrogen and oxygen atoms in total. The van der Waals surface area contributed by atoms with Gasteiger partial charge < -0.3 is 15.2 Å². The molecule has 0 bridgehead atoms. The van der Waals surface area contributed by atoms with Crippen molar-refractivity contribution in [2.75, 3.05) is 0 Å². The summed E-state index contributed by atoms with van der Waals surface area (Å²) in [4.78, 5) is 22.4. The third kappa shape index (κ3) is 5.33. The Morgan fingerprint density at radius 1 is 1.33 bits per heavy atom. The maximum Gasteiger partial charge on any atom is 0.326 e. The molecule has 1 amide bonds. The number of carbonyl (C=O) groups is 2. The second-order valence-corrected chi connectivity index (χ2v) is 4.22. The third-order valence-corrected chi connectivity index (χ3v) is 2.54. The van der Waals surface area contributed by atoms with Crippen molar-refractivity contribution in [3.63, 3.8) is 0 Å². The largest absolute Gasteiger partial charge is 0.480 e. The Morgan fingerprint density at radius 2 is 1.95 bits per heavy atom. The highest BCUT2D eigenvalue weighted by Gasteiger charge is 2.27. The van der Waals surface area contributed by atoms with Gasteiger partial charge in [-0.25, -0.2) is 18.0 Å². The van der Waals surface area contributed by atoms with Gasteiger partial charge in [0.05, 0.1) is 0 Å². The lowest BCUT2D eigenvalue weighted by Crippen LogP contribution is -2.47. The summed E-state index contributed by atoms with van der Waals surface area (Å²) < 4.78 is 42.8. The summed E-state index contributed by atoms with van der Waals surface area (Å²) in [5.74, 6) is -3.39. The maximum absolute atomic E-state index is 13.3. The molecule has 0 aromatic heterocycles. The van der Waals surface area contributed by atoms with Crippen LogP contribution in [0.2, 0.25) is 0 Å². The molecule has 1 aromatic carbocycles. The Morgan fingerprint density at radius 3 is 2.48 bits per heavy atom. The van der Waals surface area contributed by atoms with Crippen molar-refractivity contribution in [3.8, 4) is 5.75 Å². The van der Waals surface area contributed by atoms with E-state index < -0.39 is 42.7 Å². The van der Waals surface area contributed by atoms with Gasteiger partial charge in [-0.05, 0) is 19.1 Å². The summed E-state index contributed by atoms with van der Waals surface area (Å²) in [6.07, 6.45) is -5.14. The van der Waals surface area contributed by atoms with E-state index in [1.54, 1.807) is 0 Å². The summed E-state index contributed by atoms with van der Waals surface area (Å²) in [5, 5.41) is 10.7. The summed E-state index contributed by atoms with van der Waals surface area (Å²) >= 11 is 0. The fraction of sp³-hybridized carbons (Fsp3) is 0.385. The van der Waals surface area contributed by atoms with Gasteiger partial charge >= 0.3 is 5.97 Å². The van der Waals surface area contributed by atoms with E-state index in [-0.39, 0.29) is 5.75 Å². The van der Waals surface area contributed by atoms with Crippen molar-refractivity contribution in [2.24, 2.45) is 0 Å². The Kier molecular flexibility index (Phi) is 6.01. The summed E-state index contributed by atoms with van der Waals surface area (Å²) in [5.41, 5.74) is 0. The fourth-order valence-electron chi connectivity index (χ4n) is 1.47. The monoisotopic (exact) mass is 305 g/mol. The van der Waals surface area contributed by atoms with Crippen molar-refractivity contribution in [2.45, 2.75) is 31.9 Å². The lowest BCUT2D eigenvalue weighted by molar-refractivity contribution is -0.144. The van der Waals surface area contributed by atoms with Crippen molar-refractivity contribution >= 4 is 11.9 Å². The van der Waals surface area contributed by atoms with E-state index in [1.807, 2.05) is 5.32 Å². The zero-order valence-electron chi connectivity index (χ0n) is 11.1. The minimum Gasteiger partial charge on any atom is -0.480 e. The molecule has 0 aliphatic rings. The van der Waals surface area contributed by atoms with Crippen LogP contribution in [0.3, 0.4) is 0 Å². The fourth-order valence-corrected chi connectivity index (χ4v) is 1.47. The molecule has 2 unspecified atom stereocenters. The number of hydrogen-bond donors (Lipinski definition) is 2. The summed E-state index contributed by atoms with van der Waals surface area (Å²) in [6.45, 7) is 1.25. The SMILES string of the molecule is CC(Oc1ccccc1F)C(=O)NC(CC(F)F)C(=O)O. The minimum absolute atomic E-state index is 0.194. The van der Waals surface area contributed by atoms with Gasteiger partial charge in [-0.15, -0.1) is 0 Å². The van der Waals surface area contributed by atoms with Crippen molar-refractivity contribution < 1.29 is 32.6 Å². The van der Waals surface area contributed by atoms with Crippen LogP contribution in [0, 0.1) is 5.82 Å².